The number of fused-ring (bicyclic) bond motifs is 1. The maximum atomic E-state index is 12.3. The van der Waals surface area contributed by atoms with Gasteiger partial charge in [-0.2, -0.15) is 5.10 Å². The van der Waals surface area contributed by atoms with Crippen LogP contribution in [0.25, 0.3) is 11.0 Å². The second-order valence-electron chi connectivity index (χ2n) is 5.53. The summed E-state index contributed by atoms with van der Waals surface area (Å²) in [5.41, 5.74) is 2.02. The lowest BCUT2D eigenvalue weighted by atomic mass is 10.1. The van der Waals surface area contributed by atoms with Crippen LogP contribution in [-0.4, -0.2) is 50.8 Å². The largest absolute Gasteiger partial charge is 0.391 e. The molecule has 3 rings (SSSR count). The fraction of sp³-hybridized carbons (Fsp3) is 0.500. The van der Waals surface area contributed by atoms with Crippen LogP contribution in [0.3, 0.4) is 0 Å². The summed E-state index contributed by atoms with van der Waals surface area (Å²) in [6.45, 7) is 2.26. The maximum Gasteiger partial charge on any atom is 0.255 e. The van der Waals surface area contributed by atoms with Gasteiger partial charge in [-0.25, -0.2) is 4.98 Å². The summed E-state index contributed by atoms with van der Waals surface area (Å²) < 4.78 is 0. The van der Waals surface area contributed by atoms with Crippen LogP contribution in [0.15, 0.2) is 12.3 Å². The van der Waals surface area contributed by atoms with Gasteiger partial charge in [-0.15, -0.1) is 0 Å². The summed E-state index contributed by atoms with van der Waals surface area (Å²) in [6.07, 6.45) is 3.23. The highest BCUT2D eigenvalue weighted by molar-refractivity contribution is 5.97. The fourth-order valence-corrected chi connectivity index (χ4v) is 2.35. The molecule has 2 heterocycles. The molecule has 1 atom stereocenters. The minimum Gasteiger partial charge on any atom is -0.391 e. The highest BCUT2D eigenvalue weighted by atomic mass is 16.3. The molecule has 0 bridgehead atoms. The predicted molar refractivity (Wildman–Crippen MR) is 74.3 cm³/mol. The van der Waals surface area contributed by atoms with Gasteiger partial charge in [-0.05, 0) is 31.7 Å². The Morgan fingerprint density at radius 2 is 2.35 bits per heavy atom. The highest BCUT2D eigenvalue weighted by Crippen LogP contribution is 2.32. The third-order valence-electron chi connectivity index (χ3n) is 3.82. The minimum atomic E-state index is -0.420. The Labute approximate surface area is 116 Å². The molecule has 0 radical (unpaired) electrons. The SMILES string of the molecule is Cc1[nH]nc2ncc(C(=O)N(C)CC(O)C3CC3)cc12. The predicted octanol–water partition coefficient (Wildman–Crippen LogP) is 1.11. The van der Waals surface area contributed by atoms with Crippen molar-refractivity contribution in [1.82, 2.24) is 20.1 Å². The van der Waals surface area contributed by atoms with E-state index in [-0.39, 0.29) is 5.91 Å². The molecule has 1 fully saturated rings. The lowest BCUT2D eigenvalue weighted by Crippen LogP contribution is -2.35. The Morgan fingerprint density at radius 1 is 1.60 bits per heavy atom. The monoisotopic (exact) mass is 274 g/mol. The van der Waals surface area contributed by atoms with Gasteiger partial charge >= 0.3 is 0 Å². The summed E-state index contributed by atoms with van der Waals surface area (Å²) in [7, 11) is 1.71. The average molecular weight is 274 g/mol. The van der Waals surface area contributed by atoms with Crippen LogP contribution in [0, 0.1) is 12.8 Å². The number of carbonyl (C=O) groups is 1. The van der Waals surface area contributed by atoms with E-state index in [1.807, 2.05) is 6.92 Å². The van der Waals surface area contributed by atoms with Crippen LogP contribution < -0.4 is 0 Å². The van der Waals surface area contributed by atoms with E-state index in [0.717, 1.165) is 23.9 Å². The van der Waals surface area contributed by atoms with Crippen molar-refractivity contribution < 1.29 is 9.90 Å². The van der Waals surface area contributed by atoms with Crippen molar-refractivity contribution in [3.8, 4) is 0 Å². The summed E-state index contributed by atoms with van der Waals surface area (Å²) in [5, 5.41) is 17.7. The molecule has 106 valence electrons. The molecule has 1 unspecified atom stereocenters. The van der Waals surface area contributed by atoms with E-state index in [1.165, 1.54) is 6.20 Å². The van der Waals surface area contributed by atoms with Crippen LogP contribution >= 0.6 is 0 Å². The molecular formula is C14H18N4O2. The van der Waals surface area contributed by atoms with Crippen molar-refractivity contribution in [2.75, 3.05) is 13.6 Å². The van der Waals surface area contributed by atoms with Gasteiger partial charge in [-0.1, -0.05) is 0 Å². The molecule has 2 aromatic heterocycles. The zero-order valence-electron chi connectivity index (χ0n) is 11.6. The first-order valence-corrected chi connectivity index (χ1v) is 6.80. The number of likely N-dealkylation sites (N-methyl/N-ethyl adjacent to an activating group) is 1. The van der Waals surface area contributed by atoms with Gasteiger partial charge in [0.25, 0.3) is 5.91 Å². The Hall–Kier alpha value is -1.95. The Kier molecular flexibility index (Phi) is 3.17. The van der Waals surface area contributed by atoms with E-state index in [0.29, 0.717) is 23.7 Å². The van der Waals surface area contributed by atoms with Crippen LogP contribution in [0.2, 0.25) is 0 Å². The quantitative estimate of drug-likeness (QED) is 0.875. The van der Waals surface area contributed by atoms with E-state index in [1.54, 1.807) is 18.0 Å². The van der Waals surface area contributed by atoms with Crippen molar-refractivity contribution >= 4 is 16.9 Å². The van der Waals surface area contributed by atoms with Crippen molar-refractivity contribution in [3.63, 3.8) is 0 Å². The van der Waals surface area contributed by atoms with Crippen LogP contribution in [-0.2, 0) is 0 Å². The lowest BCUT2D eigenvalue weighted by molar-refractivity contribution is 0.0645. The van der Waals surface area contributed by atoms with Crippen molar-refractivity contribution in [3.05, 3.63) is 23.5 Å². The number of aryl methyl sites for hydroxylation is 1. The lowest BCUT2D eigenvalue weighted by Gasteiger charge is -2.20. The van der Waals surface area contributed by atoms with E-state index in [2.05, 4.69) is 15.2 Å². The first-order valence-electron chi connectivity index (χ1n) is 6.80. The van der Waals surface area contributed by atoms with Gasteiger partial charge in [0, 0.05) is 30.9 Å². The van der Waals surface area contributed by atoms with Crippen molar-refractivity contribution in [1.29, 1.82) is 0 Å². The third kappa shape index (κ3) is 2.38. The molecular weight excluding hydrogens is 256 g/mol. The molecule has 0 saturated heterocycles. The molecule has 20 heavy (non-hydrogen) atoms. The Morgan fingerprint density at radius 3 is 3.05 bits per heavy atom. The van der Waals surface area contributed by atoms with Crippen molar-refractivity contribution in [2.45, 2.75) is 25.9 Å². The topological polar surface area (TPSA) is 82.1 Å². The number of rotatable bonds is 4. The van der Waals surface area contributed by atoms with Crippen LogP contribution in [0.4, 0.5) is 0 Å². The Bertz CT molecular complexity index is 648. The number of hydrogen-bond acceptors (Lipinski definition) is 4. The van der Waals surface area contributed by atoms with Crippen molar-refractivity contribution in [2.24, 2.45) is 5.92 Å². The summed E-state index contributed by atoms with van der Waals surface area (Å²) in [4.78, 5) is 18.1. The van der Waals surface area contributed by atoms with E-state index >= 15 is 0 Å². The molecule has 1 aliphatic carbocycles. The molecule has 6 nitrogen and oxygen atoms in total. The molecule has 6 heteroatoms. The first kappa shape index (κ1) is 13.1. The average Bonchev–Trinajstić information content (AvgIpc) is 3.23. The number of aliphatic hydroxyl groups excluding tert-OH is 1. The van der Waals surface area contributed by atoms with Gasteiger partial charge in [0.05, 0.1) is 11.7 Å². The summed E-state index contributed by atoms with van der Waals surface area (Å²) in [6, 6.07) is 1.80. The van der Waals surface area contributed by atoms with E-state index < -0.39 is 6.10 Å². The number of amides is 1. The van der Waals surface area contributed by atoms with E-state index in [9.17, 15) is 9.90 Å². The molecule has 0 spiro atoms. The molecule has 1 amide bonds. The molecule has 2 aromatic rings. The number of hydrogen-bond donors (Lipinski definition) is 2. The molecule has 1 saturated carbocycles. The highest BCUT2D eigenvalue weighted by Gasteiger charge is 2.31. The van der Waals surface area contributed by atoms with Crippen LogP contribution in [0.1, 0.15) is 28.9 Å². The molecule has 2 N–H and O–H groups in total. The molecule has 0 aliphatic heterocycles. The van der Waals surface area contributed by atoms with Gasteiger partial charge in [0.1, 0.15) is 0 Å². The number of carbonyl (C=O) groups excluding carboxylic acids is 1. The number of aromatic amines is 1. The number of aromatic nitrogens is 3. The summed E-state index contributed by atoms with van der Waals surface area (Å²) >= 11 is 0. The first-order chi connectivity index (χ1) is 9.56. The zero-order valence-corrected chi connectivity index (χ0v) is 11.6. The number of nitrogens with zero attached hydrogens (tertiary/aromatic N) is 3. The van der Waals surface area contributed by atoms with Gasteiger partial charge in [-0.3, -0.25) is 9.89 Å². The van der Waals surface area contributed by atoms with Gasteiger partial charge < -0.3 is 10.0 Å². The molecule has 1 aliphatic rings. The van der Waals surface area contributed by atoms with Gasteiger partial charge in [0.2, 0.25) is 0 Å². The normalized spacial score (nSPS) is 16.4. The summed E-state index contributed by atoms with van der Waals surface area (Å²) in [5.74, 6) is 0.238. The maximum absolute atomic E-state index is 12.3. The third-order valence-corrected chi connectivity index (χ3v) is 3.82. The smallest absolute Gasteiger partial charge is 0.255 e. The zero-order chi connectivity index (χ0) is 14.3. The second kappa shape index (κ2) is 4.86. The van der Waals surface area contributed by atoms with E-state index in [4.69, 9.17) is 0 Å². The number of pyridine rings is 1. The fourth-order valence-electron chi connectivity index (χ4n) is 2.35. The molecule has 0 aromatic carbocycles. The number of H-pyrrole nitrogens is 1. The van der Waals surface area contributed by atoms with Gasteiger partial charge in [0.15, 0.2) is 5.65 Å². The minimum absolute atomic E-state index is 0.125. The standard InChI is InChI=1S/C14H18N4O2/c1-8-11-5-10(6-15-13(11)17-16-8)14(20)18(2)7-12(19)9-3-4-9/h5-6,9,12,19H,3-4,7H2,1-2H3,(H,15,16,17). The second-order valence-corrected chi connectivity index (χ2v) is 5.53. The Balaban J connectivity index is 1.78. The number of aliphatic hydroxyl groups is 1. The number of nitrogens with one attached hydrogen (secondary N) is 1. The van der Waals surface area contributed by atoms with Crippen LogP contribution in [0.5, 0.6) is 0 Å².